The third kappa shape index (κ3) is 6.42. The number of carbonyl (C=O) groups is 1. The van der Waals surface area contributed by atoms with E-state index < -0.39 is 26.0 Å². The zero-order valence-corrected chi connectivity index (χ0v) is 22.3. The lowest BCUT2D eigenvalue weighted by molar-refractivity contribution is -0.118. The van der Waals surface area contributed by atoms with Crippen LogP contribution >= 0.6 is 0 Å². The Hall–Kier alpha value is -3.41. The number of anilines is 2. The molecule has 36 heavy (non-hydrogen) atoms. The van der Waals surface area contributed by atoms with E-state index in [0.29, 0.717) is 28.3 Å². The number of sulfonamides is 2. The number of rotatable bonds is 9. The molecule has 2 N–H and O–H groups in total. The molecule has 0 aliphatic heterocycles. The van der Waals surface area contributed by atoms with Crippen LogP contribution < -0.4 is 14.8 Å². The smallest absolute Gasteiger partial charge is 0.262 e. The van der Waals surface area contributed by atoms with E-state index in [1.807, 2.05) is 19.1 Å². The molecule has 3 rings (SSSR count). The monoisotopic (exact) mass is 531 g/mol. The second-order valence-corrected chi connectivity index (χ2v) is 12.3. The first-order valence-electron chi connectivity index (χ1n) is 11.0. The number of hydrogen-bond acceptors (Lipinski definition) is 6. The number of amides is 1. The van der Waals surface area contributed by atoms with Gasteiger partial charge in [0.05, 0.1) is 9.79 Å². The Morgan fingerprint density at radius 1 is 0.833 bits per heavy atom. The number of ether oxygens (including phenoxy) is 1. The van der Waals surface area contributed by atoms with Crippen molar-refractivity contribution in [2.24, 2.45) is 0 Å². The molecule has 0 heterocycles. The molecule has 0 saturated carbocycles. The van der Waals surface area contributed by atoms with Crippen molar-refractivity contribution < 1.29 is 26.4 Å². The molecule has 0 radical (unpaired) electrons. The summed E-state index contributed by atoms with van der Waals surface area (Å²) in [5.74, 6) is -0.144. The fourth-order valence-corrected chi connectivity index (χ4v) is 5.30. The van der Waals surface area contributed by atoms with Gasteiger partial charge < -0.3 is 10.1 Å². The largest absolute Gasteiger partial charge is 0.483 e. The van der Waals surface area contributed by atoms with Gasteiger partial charge in [0, 0.05) is 25.5 Å². The summed E-state index contributed by atoms with van der Waals surface area (Å²) in [5, 5.41) is 2.67. The SMILES string of the molecule is Cc1ccc(NS(=O)(=O)c2ccc(OCC(=O)Nc3cc(S(=O)(=O)N(C)C)ccc3C)c(C)c2)cc1. The lowest BCUT2D eigenvalue weighted by atomic mass is 10.2. The molecular weight excluding hydrogens is 502 g/mol. The van der Waals surface area contributed by atoms with E-state index in [9.17, 15) is 21.6 Å². The van der Waals surface area contributed by atoms with E-state index in [0.717, 1.165) is 9.87 Å². The first kappa shape index (κ1) is 27.2. The number of aryl methyl sites for hydroxylation is 3. The van der Waals surface area contributed by atoms with Gasteiger partial charge >= 0.3 is 0 Å². The topological polar surface area (TPSA) is 122 Å². The zero-order chi connectivity index (χ0) is 26.7. The molecule has 0 atom stereocenters. The van der Waals surface area contributed by atoms with Crippen LogP contribution in [0.25, 0.3) is 0 Å². The highest BCUT2D eigenvalue weighted by Gasteiger charge is 2.19. The Morgan fingerprint density at radius 2 is 1.47 bits per heavy atom. The highest BCUT2D eigenvalue weighted by atomic mass is 32.2. The predicted octanol–water partition coefficient (Wildman–Crippen LogP) is 3.68. The summed E-state index contributed by atoms with van der Waals surface area (Å²) in [7, 11) is -4.60. The van der Waals surface area contributed by atoms with Crippen molar-refractivity contribution in [3.05, 3.63) is 77.4 Å². The molecular formula is C25H29N3O6S2. The van der Waals surface area contributed by atoms with Crippen LogP contribution in [0.3, 0.4) is 0 Å². The third-order valence-corrected chi connectivity index (χ3v) is 8.57. The van der Waals surface area contributed by atoms with E-state index in [4.69, 9.17) is 4.74 Å². The molecule has 9 nitrogen and oxygen atoms in total. The minimum absolute atomic E-state index is 0.0567. The van der Waals surface area contributed by atoms with Gasteiger partial charge in [-0.05, 0) is 74.4 Å². The maximum Gasteiger partial charge on any atom is 0.262 e. The van der Waals surface area contributed by atoms with Gasteiger partial charge in [0.1, 0.15) is 5.75 Å². The van der Waals surface area contributed by atoms with Crippen molar-refractivity contribution in [1.29, 1.82) is 0 Å². The molecule has 0 aliphatic carbocycles. The van der Waals surface area contributed by atoms with Crippen molar-refractivity contribution in [3.8, 4) is 5.75 Å². The molecule has 3 aromatic carbocycles. The Balaban J connectivity index is 1.68. The van der Waals surface area contributed by atoms with Gasteiger partial charge in [-0.3, -0.25) is 9.52 Å². The summed E-state index contributed by atoms with van der Waals surface area (Å²) in [6.07, 6.45) is 0. The summed E-state index contributed by atoms with van der Waals surface area (Å²) in [4.78, 5) is 12.6. The molecule has 3 aromatic rings. The third-order valence-electron chi connectivity index (χ3n) is 5.38. The van der Waals surface area contributed by atoms with Crippen LogP contribution in [0.5, 0.6) is 5.75 Å². The van der Waals surface area contributed by atoms with Gasteiger partial charge in [-0.15, -0.1) is 0 Å². The molecule has 0 aliphatic rings. The zero-order valence-electron chi connectivity index (χ0n) is 20.7. The number of hydrogen-bond donors (Lipinski definition) is 2. The Bertz CT molecular complexity index is 1480. The van der Waals surface area contributed by atoms with Crippen LogP contribution in [-0.4, -0.2) is 47.8 Å². The van der Waals surface area contributed by atoms with E-state index in [2.05, 4.69) is 10.0 Å². The lowest BCUT2D eigenvalue weighted by Crippen LogP contribution is -2.23. The van der Waals surface area contributed by atoms with Crippen molar-refractivity contribution in [1.82, 2.24) is 4.31 Å². The van der Waals surface area contributed by atoms with E-state index in [1.165, 1.54) is 44.4 Å². The quantitative estimate of drug-likeness (QED) is 0.434. The van der Waals surface area contributed by atoms with Crippen LogP contribution in [-0.2, 0) is 24.8 Å². The first-order valence-corrected chi connectivity index (χ1v) is 13.9. The number of benzene rings is 3. The van der Waals surface area contributed by atoms with Gasteiger partial charge in [-0.25, -0.2) is 21.1 Å². The second-order valence-electron chi connectivity index (χ2n) is 8.50. The normalized spacial score (nSPS) is 11.8. The fourth-order valence-electron chi connectivity index (χ4n) is 3.22. The number of nitrogens with zero attached hydrogens (tertiary/aromatic N) is 1. The number of nitrogens with one attached hydrogen (secondary N) is 2. The lowest BCUT2D eigenvalue weighted by Gasteiger charge is -2.15. The van der Waals surface area contributed by atoms with E-state index >= 15 is 0 Å². The standard InChI is InChI=1S/C25H29N3O6S2/c1-17-6-9-20(10-7-17)27-35(30,31)21-12-13-24(19(3)14-21)34-16-25(29)26-23-15-22(11-8-18(23)2)36(32,33)28(4)5/h6-15,27H,16H2,1-5H3,(H,26,29). The van der Waals surface area contributed by atoms with Gasteiger partial charge in [-0.1, -0.05) is 23.8 Å². The molecule has 192 valence electrons. The summed E-state index contributed by atoms with van der Waals surface area (Å²) in [5.41, 5.74) is 3.04. The highest BCUT2D eigenvalue weighted by molar-refractivity contribution is 7.92. The van der Waals surface area contributed by atoms with Gasteiger partial charge in [0.25, 0.3) is 15.9 Å². The molecule has 0 spiro atoms. The minimum Gasteiger partial charge on any atom is -0.483 e. The highest BCUT2D eigenvalue weighted by Crippen LogP contribution is 2.25. The average Bonchev–Trinajstić information content (AvgIpc) is 2.80. The first-order chi connectivity index (χ1) is 16.8. The van der Waals surface area contributed by atoms with Crippen molar-refractivity contribution in [2.75, 3.05) is 30.7 Å². The Kier molecular flexibility index (Phi) is 8.07. The Morgan fingerprint density at radius 3 is 2.08 bits per heavy atom. The second kappa shape index (κ2) is 10.7. The van der Waals surface area contributed by atoms with Crippen LogP contribution in [0, 0.1) is 20.8 Å². The Labute approximate surface area is 212 Å². The van der Waals surface area contributed by atoms with Gasteiger partial charge in [-0.2, -0.15) is 0 Å². The van der Waals surface area contributed by atoms with E-state index in [1.54, 1.807) is 32.0 Å². The number of carbonyl (C=O) groups excluding carboxylic acids is 1. The molecule has 0 saturated heterocycles. The average molecular weight is 532 g/mol. The van der Waals surface area contributed by atoms with Gasteiger partial charge in [0.2, 0.25) is 10.0 Å². The van der Waals surface area contributed by atoms with E-state index in [-0.39, 0.29) is 16.4 Å². The van der Waals surface area contributed by atoms with Crippen molar-refractivity contribution in [2.45, 2.75) is 30.6 Å². The molecule has 0 fully saturated rings. The van der Waals surface area contributed by atoms with Crippen molar-refractivity contribution in [3.63, 3.8) is 0 Å². The predicted molar refractivity (Wildman–Crippen MR) is 139 cm³/mol. The molecule has 11 heteroatoms. The molecule has 0 bridgehead atoms. The molecule has 1 amide bonds. The summed E-state index contributed by atoms with van der Waals surface area (Å²) in [6.45, 7) is 4.99. The van der Waals surface area contributed by atoms with Crippen molar-refractivity contribution >= 4 is 37.3 Å². The summed E-state index contributed by atoms with van der Waals surface area (Å²) >= 11 is 0. The van der Waals surface area contributed by atoms with Crippen LogP contribution in [0.1, 0.15) is 16.7 Å². The maximum absolute atomic E-state index is 12.7. The maximum atomic E-state index is 12.7. The molecule has 0 aromatic heterocycles. The van der Waals surface area contributed by atoms with Crippen LogP contribution in [0.2, 0.25) is 0 Å². The summed E-state index contributed by atoms with van der Waals surface area (Å²) < 4.78 is 59.4. The van der Waals surface area contributed by atoms with Gasteiger partial charge in [0.15, 0.2) is 6.61 Å². The van der Waals surface area contributed by atoms with Crippen LogP contribution in [0.15, 0.2) is 70.5 Å². The summed E-state index contributed by atoms with van der Waals surface area (Å²) in [6, 6.07) is 15.8. The fraction of sp³-hybridized carbons (Fsp3) is 0.240. The molecule has 0 unspecified atom stereocenters. The van der Waals surface area contributed by atoms with Crippen LogP contribution in [0.4, 0.5) is 11.4 Å². The minimum atomic E-state index is -3.80.